The Morgan fingerprint density at radius 3 is 2.45 bits per heavy atom. The van der Waals surface area contributed by atoms with Crippen LogP contribution in [0.5, 0.6) is 0 Å². The molecule has 3 fully saturated rings. The Kier molecular flexibility index (Phi) is 2.86. The molecule has 1 aromatic rings. The predicted octanol–water partition coefficient (Wildman–Crippen LogP) is 1.50. The Hall–Kier alpha value is -2.17. The molecule has 1 aliphatic heterocycles. The number of rotatable bonds is 3. The first-order valence-corrected chi connectivity index (χ1v) is 7.70. The van der Waals surface area contributed by atoms with Crippen molar-refractivity contribution in [3.8, 4) is 0 Å². The maximum absolute atomic E-state index is 12.5. The molecule has 1 heterocycles. The van der Waals surface area contributed by atoms with Gasteiger partial charge in [-0.3, -0.25) is 19.3 Å². The molecule has 0 spiro atoms. The fraction of sp³-hybridized carbons (Fsp3) is 0.471. The molecule has 5 atom stereocenters. The highest BCUT2D eigenvalue weighted by molar-refractivity contribution is 6.07. The maximum Gasteiger partial charge on any atom is 0.323 e. The van der Waals surface area contributed by atoms with E-state index < -0.39 is 12.5 Å². The van der Waals surface area contributed by atoms with Gasteiger partial charge in [-0.25, -0.2) is 0 Å². The number of carbonyl (C=O) groups is 3. The summed E-state index contributed by atoms with van der Waals surface area (Å²) in [6.45, 7) is -0.500. The smallest absolute Gasteiger partial charge is 0.323 e. The number of hydrogen-bond donors (Lipinski definition) is 1. The van der Waals surface area contributed by atoms with Crippen LogP contribution in [0, 0.1) is 23.7 Å². The summed E-state index contributed by atoms with van der Waals surface area (Å²) in [5.74, 6) is -1.56. The van der Waals surface area contributed by atoms with Crippen molar-refractivity contribution >= 4 is 17.8 Å². The van der Waals surface area contributed by atoms with Gasteiger partial charge in [0.05, 0.1) is 11.8 Å². The van der Waals surface area contributed by atoms with E-state index in [1.54, 1.807) is 0 Å². The maximum atomic E-state index is 12.5. The van der Waals surface area contributed by atoms with Gasteiger partial charge >= 0.3 is 5.97 Å². The molecule has 5 heteroatoms. The third kappa shape index (κ3) is 1.74. The number of amides is 2. The third-order valence-electron chi connectivity index (χ3n) is 5.63. The number of aliphatic carboxylic acids is 1. The van der Waals surface area contributed by atoms with Crippen molar-refractivity contribution in [1.29, 1.82) is 0 Å². The van der Waals surface area contributed by atoms with E-state index in [1.165, 1.54) is 5.56 Å². The predicted molar refractivity (Wildman–Crippen MR) is 76.7 cm³/mol. The summed E-state index contributed by atoms with van der Waals surface area (Å²) in [5, 5.41) is 8.90. The molecule has 0 unspecified atom stereocenters. The van der Waals surface area contributed by atoms with E-state index in [-0.39, 0.29) is 35.5 Å². The van der Waals surface area contributed by atoms with Gasteiger partial charge in [0.25, 0.3) is 0 Å². The molecule has 1 aromatic carbocycles. The minimum absolute atomic E-state index is 0.174. The fourth-order valence-corrected chi connectivity index (χ4v) is 4.90. The molecule has 2 saturated carbocycles. The van der Waals surface area contributed by atoms with Crippen molar-refractivity contribution in [2.75, 3.05) is 6.54 Å². The minimum Gasteiger partial charge on any atom is -0.480 e. The van der Waals surface area contributed by atoms with Gasteiger partial charge in [0, 0.05) is 0 Å². The number of carbonyl (C=O) groups excluding carboxylic acids is 2. The quantitative estimate of drug-likeness (QED) is 0.858. The van der Waals surface area contributed by atoms with Crippen molar-refractivity contribution in [1.82, 2.24) is 4.90 Å². The second-order valence-electron chi connectivity index (χ2n) is 6.62. The average Bonchev–Trinajstić information content (AvgIpc) is 3.15. The lowest BCUT2D eigenvalue weighted by Gasteiger charge is -2.28. The van der Waals surface area contributed by atoms with Gasteiger partial charge in [-0.15, -0.1) is 0 Å². The number of carboxylic acid groups (broad SMARTS) is 1. The number of nitrogens with zero attached hydrogens (tertiary/aromatic N) is 1. The molecule has 22 heavy (non-hydrogen) atoms. The summed E-state index contributed by atoms with van der Waals surface area (Å²) in [5.41, 5.74) is 1.23. The molecule has 5 nitrogen and oxygen atoms in total. The zero-order valence-corrected chi connectivity index (χ0v) is 12.0. The third-order valence-corrected chi connectivity index (χ3v) is 5.63. The van der Waals surface area contributed by atoms with E-state index in [9.17, 15) is 14.4 Å². The molecular formula is C17H17NO4. The number of fused-ring (bicyclic) bond motifs is 5. The molecular weight excluding hydrogens is 282 g/mol. The van der Waals surface area contributed by atoms with Gasteiger partial charge < -0.3 is 5.11 Å². The van der Waals surface area contributed by atoms with Crippen LogP contribution in [0.25, 0.3) is 0 Å². The van der Waals surface area contributed by atoms with Crippen LogP contribution in [0.4, 0.5) is 0 Å². The largest absolute Gasteiger partial charge is 0.480 e. The van der Waals surface area contributed by atoms with Crippen molar-refractivity contribution in [3.63, 3.8) is 0 Å². The van der Waals surface area contributed by atoms with Crippen LogP contribution < -0.4 is 0 Å². The Labute approximate surface area is 127 Å². The van der Waals surface area contributed by atoms with Crippen LogP contribution in [0.3, 0.4) is 0 Å². The Bertz CT molecular complexity index is 656. The molecule has 4 rings (SSSR count). The number of imide groups is 1. The normalized spacial score (nSPS) is 36.0. The van der Waals surface area contributed by atoms with Crippen molar-refractivity contribution in [2.24, 2.45) is 23.7 Å². The van der Waals surface area contributed by atoms with Gasteiger partial charge in [-0.2, -0.15) is 0 Å². The van der Waals surface area contributed by atoms with Gasteiger partial charge in [0.2, 0.25) is 11.8 Å². The van der Waals surface area contributed by atoms with Crippen molar-refractivity contribution in [2.45, 2.75) is 18.8 Å². The molecule has 2 aliphatic carbocycles. The highest BCUT2D eigenvalue weighted by Gasteiger charge is 2.63. The molecule has 0 aromatic heterocycles. The monoisotopic (exact) mass is 299 g/mol. The van der Waals surface area contributed by atoms with Gasteiger partial charge in [0.1, 0.15) is 6.54 Å². The van der Waals surface area contributed by atoms with E-state index in [1.807, 2.05) is 18.2 Å². The number of likely N-dealkylation sites (tertiary alicyclic amines) is 1. The van der Waals surface area contributed by atoms with Crippen LogP contribution in [-0.2, 0) is 14.4 Å². The molecule has 0 radical (unpaired) electrons. The van der Waals surface area contributed by atoms with E-state index >= 15 is 0 Å². The lowest BCUT2D eigenvalue weighted by molar-refractivity contribution is -0.149. The first-order chi connectivity index (χ1) is 10.6. The molecule has 1 saturated heterocycles. The summed E-state index contributed by atoms with van der Waals surface area (Å²) in [4.78, 5) is 36.8. The zero-order chi connectivity index (χ0) is 15.4. The van der Waals surface area contributed by atoms with E-state index in [0.717, 1.165) is 17.7 Å². The molecule has 1 N–H and O–H groups in total. The summed E-state index contributed by atoms with van der Waals surface area (Å²) < 4.78 is 0. The van der Waals surface area contributed by atoms with Gasteiger partial charge in [0.15, 0.2) is 0 Å². The molecule has 2 bridgehead atoms. The average molecular weight is 299 g/mol. The summed E-state index contributed by atoms with van der Waals surface area (Å²) >= 11 is 0. The first kappa shape index (κ1) is 13.5. The summed E-state index contributed by atoms with van der Waals surface area (Å²) in [6, 6.07) is 10.1. The molecule has 114 valence electrons. The number of carboxylic acids is 1. The zero-order valence-electron chi connectivity index (χ0n) is 12.0. The number of benzene rings is 1. The SMILES string of the molecule is O=C(O)CN1C(=O)[C@H]2[C@@H]3C[C@@H]([C@@H]2C1=O)[C@H](c1ccccc1)C3. The molecule has 3 aliphatic rings. The first-order valence-electron chi connectivity index (χ1n) is 7.70. The Morgan fingerprint density at radius 1 is 1.09 bits per heavy atom. The Morgan fingerprint density at radius 2 is 1.77 bits per heavy atom. The highest BCUT2D eigenvalue weighted by Crippen LogP contribution is 2.61. The topological polar surface area (TPSA) is 74.7 Å². The van der Waals surface area contributed by atoms with Crippen molar-refractivity contribution < 1.29 is 19.5 Å². The van der Waals surface area contributed by atoms with Crippen LogP contribution in [0.15, 0.2) is 30.3 Å². The second-order valence-corrected chi connectivity index (χ2v) is 6.62. The summed E-state index contributed by atoms with van der Waals surface area (Å²) in [6.07, 6.45) is 1.84. The van der Waals surface area contributed by atoms with Crippen LogP contribution in [0.2, 0.25) is 0 Å². The molecule has 2 amide bonds. The fourth-order valence-electron chi connectivity index (χ4n) is 4.90. The number of hydrogen-bond acceptors (Lipinski definition) is 3. The lowest BCUT2D eigenvalue weighted by Crippen LogP contribution is -2.37. The standard InChI is InChI=1S/C17H17NO4/c19-13(20)8-18-16(21)14-10-6-11(9-4-2-1-3-5-9)12(7-10)15(14)17(18)22/h1-5,10-12,14-15H,6-8H2,(H,19,20)/t10-,11-,12+,14-,15-/m0/s1. The lowest BCUT2D eigenvalue weighted by atomic mass is 9.73. The Balaban J connectivity index is 1.64. The van der Waals surface area contributed by atoms with E-state index in [4.69, 9.17) is 5.11 Å². The van der Waals surface area contributed by atoms with Crippen LogP contribution >= 0.6 is 0 Å². The van der Waals surface area contributed by atoms with Gasteiger partial charge in [-0.1, -0.05) is 30.3 Å². The van der Waals surface area contributed by atoms with Crippen molar-refractivity contribution in [3.05, 3.63) is 35.9 Å². The van der Waals surface area contributed by atoms with Crippen LogP contribution in [-0.4, -0.2) is 34.3 Å². The van der Waals surface area contributed by atoms with Gasteiger partial charge in [-0.05, 0) is 36.2 Å². The van der Waals surface area contributed by atoms with E-state index in [0.29, 0.717) is 5.92 Å². The second kappa shape index (κ2) is 4.66. The minimum atomic E-state index is -1.13. The van der Waals surface area contributed by atoms with Crippen LogP contribution in [0.1, 0.15) is 24.3 Å². The summed E-state index contributed by atoms with van der Waals surface area (Å²) in [7, 11) is 0. The van der Waals surface area contributed by atoms with E-state index in [2.05, 4.69) is 12.1 Å². The highest BCUT2D eigenvalue weighted by atomic mass is 16.4.